The summed E-state index contributed by atoms with van der Waals surface area (Å²) in [6, 6.07) is 15.8. The summed E-state index contributed by atoms with van der Waals surface area (Å²) in [5.41, 5.74) is 1.91. The van der Waals surface area contributed by atoms with Gasteiger partial charge in [0.15, 0.2) is 0 Å². The van der Waals surface area contributed by atoms with Crippen molar-refractivity contribution in [2.24, 2.45) is 0 Å². The third kappa shape index (κ3) is 6.76. The van der Waals surface area contributed by atoms with E-state index in [9.17, 15) is 9.59 Å². The Balaban J connectivity index is 1.77. The van der Waals surface area contributed by atoms with Gasteiger partial charge in [-0.05, 0) is 50.2 Å². The number of hydrogen-bond donors (Lipinski definition) is 2. The smallest absolute Gasteiger partial charge is 0.322 e. The van der Waals surface area contributed by atoms with Crippen LogP contribution < -0.4 is 15.4 Å². The Kier molecular flexibility index (Phi) is 8.40. The molecule has 0 saturated carbocycles. The fourth-order valence-corrected chi connectivity index (χ4v) is 3.47. The summed E-state index contributed by atoms with van der Waals surface area (Å²) >= 11 is 6.04. The molecule has 3 rings (SSSR count). The minimum absolute atomic E-state index is 0.129. The van der Waals surface area contributed by atoms with E-state index >= 15 is 0 Å². The number of amides is 3. The number of rotatable bonds is 8. The highest BCUT2D eigenvalue weighted by atomic mass is 35.5. The molecule has 35 heavy (non-hydrogen) atoms. The van der Waals surface area contributed by atoms with Gasteiger partial charge in [0.05, 0.1) is 23.7 Å². The van der Waals surface area contributed by atoms with Gasteiger partial charge in [-0.25, -0.2) is 9.48 Å². The summed E-state index contributed by atoms with van der Waals surface area (Å²) in [6.45, 7) is 10.5. The molecule has 0 aliphatic heterocycles. The molecule has 186 valence electrons. The number of anilines is 2. The van der Waals surface area contributed by atoms with Crippen molar-refractivity contribution in [1.82, 2.24) is 14.7 Å². The van der Waals surface area contributed by atoms with Crippen LogP contribution in [0.2, 0.25) is 5.02 Å². The highest BCUT2D eigenvalue weighted by Crippen LogP contribution is 2.27. The zero-order valence-corrected chi connectivity index (χ0v) is 21.5. The molecule has 1 heterocycles. The van der Waals surface area contributed by atoms with E-state index in [1.165, 1.54) is 4.90 Å². The van der Waals surface area contributed by atoms with Crippen LogP contribution in [0.4, 0.5) is 16.3 Å². The number of aromatic nitrogens is 2. The maximum atomic E-state index is 13.0. The van der Waals surface area contributed by atoms with Crippen molar-refractivity contribution in [2.45, 2.75) is 40.0 Å². The SMILES string of the molecule is CCOc1ccccc1NC(=O)N(CC)CC(=O)Nc1cc(C(C)(C)C)nn1-c1ccc(Cl)cc1. The molecule has 0 spiro atoms. The van der Waals surface area contributed by atoms with Gasteiger partial charge >= 0.3 is 6.03 Å². The Labute approximate surface area is 211 Å². The van der Waals surface area contributed by atoms with Crippen LogP contribution in [-0.2, 0) is 10.2 Å². The lowest BCUT2D eigenvalue weighted by Crippen LogP contribution is -2.40. The van der Waals surface area contributed by atoms with Crippen LogP contribution in [0.3, 0.4) is 0 Å². The quantitative estimate of drug-likeness (QED) is 0.417. The first-order valence-corrected chi connectivity index (χ1v) is 11.9. The first-order chi connectivity index (χ1) is 16.6. The van der Waals surface area contributed by atoms with Gasteiger partial charge in [-0.2, -0.15) is 5.10 Å². The lowest BCUT2D eigenvalue weighted by Gasteiger charge is -2.22. The van der Waals surface area contributed by atoms with Crippen LogP contribution in [0, 0.1) is 0 Å². The maximum Gasteiger partial charge on any atom is 0.322 e. The molecule has 0 saturated heterocycles. The number of carbonyl (C=O) groups excluding carboxylic acids is 2. The summed E-state index contributed by atoms with van der Waals surface area (Å²) in [7, 11) is 0. The summed E-state index contributed by atoms with van der Waals surface area (Å²) < 4.78 is 7.24. The number of likely N-dealkylation sites (N-methyl/N-ethyl adjacent to an activating group) is 1. The summed E-state index contributed by atoms with van der Waals surface area (Å²) in [4.78, 5) is 27.3. The van der Waals surface area contributed by atoms with E-state index in [-0.39, 0.29) is 17.9 Å². The average Bonchev–Trinajstić information content (AvgIpc) is 3.23. The Morgan fingerprint density at radius 3 is 2.37 bits per heavy atom. The lowest BCUT2D eigenvalue weighted by atomic mass is 9.92. The van der Waals surface area contributed by atoms with Crippen molar-refractivity contribution >= 4 is 35.0 Å². The van der Waals surface area contributed by atoms with E-state index in [4.69, 9.17) is 21.4 Å². The predicted octanol–water partition coefficient (Wildman–Crippen LogP) is 5.71. The van der Waals surface area contributed by atoms with Crippen LogP contribution in [0.1, 0.15) is 40.3 Å². The number of urea groups is 1. The van der Waals surface area contributed by atoms with Crippen molar-refractivity contribution in [3.63, 3.8) is 0 Å². The number of carbonyl (C=O) groups is 2. The fourth-order valence-electron chi connectivity index (χ4n) is 3.34. The Morgan fingerprint density at radius 2 is 1.74 bits per heavy atom. The Bertz CT molecular complexity index is 1170. The van der Waals surface area contributed by atoms with Crippen LogP contribution in [-0.4, -0.2) is 46.3 Å². The normalized spacial score (nSPS) is 11.1. The molecule has 0 radical (unpaired) electrons. The first kappa shape index (κ1) is 26.1. The van der Waals surface area contributed by atoms with Crippen molar-refractivity contribution in [2.75, 3.05) is 30.3 Å². The van der Waals surface area contributed by atoms with Crippen LogP contribution >= 0.6 is 11.6 Å². The van der Waals surface area contributed by atoms with Gasteiger partial charge in [0.2, 0.25) is 5.91 Å². The standard InChI is InChI=1S/C26H32ClN5O3/c1-6-31(25(34)28-20-10-8-9-11-21(20)35-7-2)17-24(33)29-23-16-22(26(3,4)5)30-32(23)19-14-12-18(27)13-15-19/h8-16H,6-7,17H2,1-5H3,(H,28,34)(H,29,33). The predicted molar refractivity (Wildman–Crippen MR) is 140 cm³/mol. The second-order valence-corrected chi connectivity index (χ2v) is 9.41. The molecule has 0 aliphatic rings. The van der Waals surface area contributed by atoms with Crippen LogP contribution in [0.5, 0.6) is 5.75 Å². The maximum absolute atomic E-state index is 13.0. The van der Waals surface area contributed by atoms with Gasteiger partial charge in [0, 0.05) is 23.0 Å². The molecule has 1 aromatic heterocycles. The number of ether oxygens (including phenoxy) is 1. The van der Waals surface area contributed by atoms with E-state index < -0.39 is 6.03 Å². The minimum atomic E-state index is -0.392. The molecule has 9 heteroatoms. The van der Waals surface area contributed by atoms with Gasteiger partial charge in [-0.15, -0.1) is 0 Å². The van der Waals surface area contributed by atoms with E-state index in [2.05, 4.69) is 31.4 Å². The summed E-state index contributed by atoms with van der Waals surface area (Å²) in [5, 5.41) is 11.1. The lowest BCUT2D eigenvalue weighted by molar-refractivity contribution is -0.116. The largest absolute Gasteiger partial charge is 0.492 e. The van der Waals surface area contributed by atoms with Gasteiger partial charge in [-0.1, -0.05) is 44.5 Å². The molecular formula is C26H32ClN5O3. The van der Waals surface area contributed by atoms with Crippen molar-refractivity contribution in [3.05, 3.63) is 65.3 Å². The van der Waals surface area contributed by atoms with Gasteiger partial charge in [-0.3, -0.25) is 4.79 Å². The third-order valence-electron chi connectivity index (χ3n) is 5.25. The van der Waals surface area contributed by atoms with Crippen LogP contribution in [0.15, 0.2) is 54.6 Å². The Morgan fingerprint density at radius 1 is 1.06 bits per heavy atom. The molecule has 0 unspecified atom stereocenters. The number of benzene rings is 2. The number of nitrogens with one attached hydrogen (secondary N) is 2. The molecule has 2 aromatic carbocycles. The number of hydrogen-bond acceptors (Lipinski definition) is 4. The molecule has 0 aliphatic carbocycles. The molecule has 2 N–H and O–H groups in total. The number of nitrogens with zero attached hydrogens (tertiary/aromatic N) is 3. The fraction of sp³-hybridized carbons (Fsp3) is 0.346. The number of halogens is 1. The van der Waals surface area contributed by atoms with Crippen molar-refractivity contribution in [3.8, 4) is 11.4 Å². The van der Waals surface area contributed by atoms with E-state index in [1.54, 1.807) is 28.9 Å². The third-order valence-corrected chi connectivity index (χ3v) is 5.50. The number of para-hydroxylation sites is 2. The van der Waals surface area contributed by atoms with Gasteiger partial charge in [0.25, 0.3) is 0 Å². The summed E-state index contributed by atoms with van der Waals surface area (Å²) in [6.07, 6.45) is 0. The van der Waals surface area contributed by atoms with E-state index in [0.29, 0.717) is 35.4 Å². The van der Waals surface area contributed by atoms with Crippen molar-refractivity contribution in [1.29, 1.82) is 0 Å². The molecule has 0 bridgehead atoms. The van der Waals surface area contributed by atoms with Crippen molar-refractivity contribution < 1.29 is 14.3 Å². The minimum Gasteiger partial charge on any atom is -0.492 e. The monoisotopic (exact) mass is 497 g/mol. The van der Waals surface area contributed by atoms with E-state index in [1.807, 2.05) is 44.2 Å². The molecule has 3 amide bonds. The highest BCUT2D eigenvalue weighted by molar-refractivity contribution is 6.30. The molecule has 0 fully saturated rings. The van der Waals surface area contributed by atoms with Gasteiger partial charge in [0.1, 0.15) is 18.1 Å². The second-order valence-electron chi connectivity index (χ2n) is 8.97. The molecule has 3 aromatic rings. The molecule has 8 nitrogen and oxygen atoms in total. The highest BCUT2D eigenvalue weighted by Gasteiger charge is 2.23. The van der Waals surface area contributed by atoms with Gasteiger partial charge < -0.3 is 20.3 Å². The zero-order chi connectivity index (χ0) is 25.6. The van der Waals surface area contributed by atoms with E-state index in [0.717, 1.165) is 11.4 Å². The summed E-state index contributed by atoms with van der Waals surface area (Å²) in [5.74, 6) is 0.751. The Hall–Kier alpha value is -3.52. The average molecular weight is 498 g/mol. The molecular weight excluding hydrogens is 466 g/mol. The second kappa shape index (κ2) is 11.3. The topological polar surface area (TPSA) is 88.5 Å². The zero-order valence-electron chi connectivity index (χ0n) is 20.8. The first-order valence-electron chi connectivity index (χ1n) is 11.6. The molecule has 0 atom stereocenters. The van der Waals surface area contributed by atoms with Crippen LogP contribution in [0.25, 0.3) is 5.69 Å².